The van der Waals surface area contributed by atoms with Crippen LogP contribution in [0.3, 0.4) is 0 Å². The van der Waals surface area contributed by atoms with Crippen LogP contribution in [0.1, 0.15) is 37.0 Å². The molecule has 0 atom stereocenters. The largest absolute Gasteiger partial charge is 0.292 e. The van der Waals surface area contributed by atoms with E-state index in [1.165, 1.54) is 12.8 Å². The van der Waals surface area contributed by atoms with Gasteiger partial charge in [0.15, 0.2) is 5.78 Å². The van der Waals surface area contributed by atoms with Gasteiger partial charge in [-0.05, 0) is 55.7 Å². The van der Waals surface area contributed by atoms with Crippen molar-refractivity contribution in [3.05, 3.63) is 20.8 Å². The number of ketones is 1. The van der Waals surface area contributed by atoms with Crippen LogP contribution in [-0.2, 0) is 0 Å². The van der Waals surface area contributed by atoms with Crippen molar-refractivity contribution in [2.24, 2.45) is 0 Å². The number of Topliss-reactive ketones (excluding diaryl/α,β-unsaturated/α-hetero) is 1. The van der Waals surface area contributed by atoms with Gasteiger partial charge < -0.3 is 0 Å². The molecule has 0 radical (unpaired) electrons. The van der Waals surface area contributed by atoms with E-state index >= 15 is 0 Å². The normalized spacial score (nSPS) is 17.9. The van der Waals surface area contributed by atoms with Crippen molar-refractivity contribution in [1.82, 2.24) is 4.90 Å². The molecule has 0 amide bonds. The summed E-state index contributed by atoms with van der Waals surface area (Å²) in [6.07, 6.45) is 2.42. The van der Waals surface area contributed by atoms with Gasteiger partial charge in [-0.2, -0.15) is 11.3 Å². The predicted molar refractivity (Wildman–Crippen MR) is 71.2 cm³/mol. The summed E-state index contributed by atoms with van der Waals surface area (Å²) in [5.41, 5.74) is 0.446. The number of halogens is 1. The average Bonchev–Trinajstić information content (AvgIpc) is 2.86. The van der Waals surface area contributed by atoms with Gasteiger partial charge >= 0.3 is 0 Å². The van der Waals surface area contributed by atoms with Crippen molar-refractivity contribution in [2.75, 3.05) is 13.1 Å². The second-order valence-electron chi connectivity index (χ2n) is 4.72. The van der Waals surface area contributed by atoms with Gasteiger partial charge in [0.2, 0.25) is 0 Å². The van der Waals surface area contributed by atoms with Gasteiger partial charge in [-0.1, -0.05) is 0 Å². The van der Waals surface area contributed by atoms with Crippen molar-refractivity contribution in [2.45, 2.75) is 32.2 Å². The molecular formula is C12H16BrNOS. The first-order valence-corrected chi connectivity index (χ1v) is 7.28. The molecule has 1 aliphatic heterocycles. The summed E-state index contributed by atoms with van der Waals surface area (Å²) in [6.45, 7) is 6.15. The van der Waals surface area contributed by atoms with E-state index in [1.807, 2.05) is 24.6 Å². The highest BCUT2D eigenvalue weighted by atomic mass is 79.9. The zero-order valence-electron chi connectivity index (χ0n) is 9.62. The van der Waals surface area contributed by atoms with Crippen molar-refractivity contribution in [3.8, 4) is 0 Å². The molecule has 2 rings (SSSR count). The number of likely N-dealkylation sites (tertiary alicyclic amines) is 1. The SMILES string of the molecule is CC(C)(C(=O)c1cscc1Br)N1CCCC1. The number of rotatable bonds is 3. The number of carbonyl (C=O) groups is 1. The highest BCUT2D eigenvalue weighted by Crippen LogP contribution is 2.30. The summed E-state index contributed by atoms with van der Waals surface area (Å²) in [7, 11) is 0. The van der Waals surface area contributed by atoms with E-state index in [4.69, 9.17) is 0 Å². The Hall–Kier alpha value is -0.190. The fraction of sp³-hybridized carbons (Fsp3) is 0.583. The molecule has 1 aromatic rings. The minimum Gasteiger partial charge on any atom is -0.292 e. The van der Waals surface area contributed by atoms with E-state index in [-0.39, 0.29) is 11.3 Å². The van der Waals surface area contributed by atoms with Gasteiger partial charge in [0, 0.05) is 20.8 Å². The number of hydrogen-bond acceptors (Lipinski definition) is 3. The second kappa shape index (κ2) is 4.59. The number of hydrogen-bond donors (Lipinski definition) is 0. The van der Waals surface area contributed by atoms with Crippen LogP contribution in [0.4, 0.5) is 0 Å². The number of carbonyl (C=O) groups excluding carboxylic acids is 1. The van der Waals surface area contributed by atoms with E-state index in [0.717, 1.165) is 23.1 Å². The molecule has 88 valence electrons. The van der Waals surface area contributed by atoms with Crippen LogP contribution >= 0.6 is 27.3 Å². The smallest absolute Gasteiger partial charge is 0.184 e. The van der Waals surface area contributed by atoms with Gasteiger partial charge in [-0.3, -0.25) is 9.69 Å². The lowest BCUT2D eigenvalue weighted by Crippen LogP contribution is -2.48. The molecule has 1 saturated heterocycles. The maximum Gasteiger partial charge on any atom is 0.184 e. The van der Waals surface area contributed by atoms with E-state index < -0.39 is 0 Å². The van der Waals surface area contributed by atoms with Crippen LogP contribution in [0.5, 0.6) is 0 Å². The van der Waals surface area contributed by atoms with Crippen molar-refractivity contribution >= 4 is 33.0 Å². The number of nitrogens with zero attached hydrogens (tertiary/aromatic N) is 1. The minimum absolute atomic E-state index is 0.225. The molecule has 4 heteroatoms. The van der Waals surface area contributed by atoms with Crippen LogP contribution in [0.2, 0.25) is 0 Å². The Kier molecular flexibility index (Phi) is 3.52. The predicted octanol–water partition coefficient (Wildman–Crippen LogP) is 3.57. The molecular weight excluding hydrogens is 286 g/mol. The molecule has 0 aromatic carbocycles. The molecule has 0 spiro atoms. The third-order valence-electron chi connectivity index (χ3n) is 3.31. The summed E-state index contributed by atoms with van der Waals surface area (Å²) in [5.74, 6) is 0.225. The third-order valence-corrected chi connectivity index (χ3v) is 5.01. The molecule has 16 heavy (non-hydrogen) atoms. The minimum atomic E-state index is -0.375. The first kappa shape index (κ1) is 12.3. The molecule has 2 nitrogen and oxygen atoms in total. The molecule has 0 saturated carbocycles. The summed E-state index contributed by atoms with van der Waals surface area (Å²) in [4.78, 5) is 14.8. The fourth-order valence-corrected chi connectivity index (χ4v) is 3.65. The van der Waals surface area contributed by atoms with Crippen LogP contribution in [0.15, 0.2) is 15.2 Å². The Bertz CT molecular complexity index is 393. The Morgan fingerprint density at radius 3 is 2.50 bits per heavy atom. The van der Waals surface area contributed by atoms with E-state index in [1.54, 1.807) is 11.3 Å². The maximum absolute atomic E-state index is 12.5. The summed E-state index contributed by atoms with van der Waals surface area (Å²) in [5, 5.41) is 3.90. The summed E-state index contributed by atoms with van der Waals surface area (Å²) >= 11 is 5.01. The third kappa shape index (κ3) is 2.11. The Balaban J connectivity index is 2.23. The average molecular weight is 302 g/mol. The zero-order valence-corrected chi connectivity index (χ0v) is 12.0. The number of thiophene rings is 1. The lowest BCUT2D eigenvalue weighted by atomic mass is 9.93. The molecule has 0 unspecified atom stereocenters. The lowest BCUT2D eigenvalue weighted by molar-refractivity contribution is 0.0702. The van der Waals surface area contributed by atoms with Crippen molar-refractivity contribution < 1.29 is 4.79 Å². The van der Waals surface area contributed by atoms with Crippen LogP contribution in [-0.4, -0.2) is 29.3 Å². The molecule has 1 aromatic heterocycles. The fourth-order valence-electron chi connectivity index (χ4n) is 2.19. The quantitative estimate of drug-likeness (QED) is 0.796. The Morgan fingerprint density at radius 1 is 1.38 bits per heavy atom. The van der Waals surface area contributed by atoms with E-state index in [0.29, 0.717) is 0 Å². The van der Waals surface area contributed by atoms with Crippen molar-refractivity contribution in [1.29, 1.82) is 0 Å². The van der Waals surface area contributed by atoms with E-state index in [9.17, 15) is 4.79 Å². The Labute approximate surface area is 109 Å². The van der Waals surface area contributed by atoms with Gasteiger partial charge in [0.25, 0.3) is 0 Å². The molecule has 1 aliphatic rings. The zero-order chi connectivity index (χ0) is 11.8. The molecule has 1 fully saturated rings. The molecule has 0 N–H and O–H groups in total. The van der Waals surface area contributed by atoms with Gasteiger partial charge in [-0.15, -0.1) is 0 Å². The highest BCUT2D eigenvalue weighted by molar-refractivity contribution is 9.10. The lowest BCUT2D eigenvalue weighted by Gasteiger charge is -2.33. The second-order valence-corrected chi connectivity index (χ2v) is 6.31. The molecule has 2 heterocycles. The standard InChI is InChI=1S/C12H16BrNOS/c1-12(2,14-5-3-4-6-14)11(15)9-7-16-8-10(9)13/h7-8H,3-6H2,1-2H3. The van der Waals surface area contributed by atoms with Gasteiger partial charge in [0.1, 0.15) is 0 Å². The molecule has 0 aliphatic carbocycles. The first-order valence-electron chi connectivity index (χ1n) is 5.55. The summed E-state index contributed by atoms with van der Waals surface area (Å²) < 4.78 is 0.926. The van der Waals surface area contributed by atoms with Crippen LogP contribution in [0, 0.1) is 0 Å². The van der Waals surface area contributed by atoms with Gasteiger partial charge in [0.05, 0.1) is 5.54 Å². The van der Waals surface area contributed by atoms with Gasteiger partial charge in [-0.25, -0.2) is 0 Å². The van der Waals surface area contributed by atoms with E-state index in [2.05, 4.69) is 20.8 Å². The monoisotopic (exact) mass is 301 g/mol. The van der Waals surface area contributed by atoms with Crippen molar-refractivity contribution in [3.63, 3.8) is 0 Å². The van der Waals surface area contributed by atoms with Crippen LogP contribution in [0.25, 0.3) is 0 Å². The van der Waals surface area contributed by atoms with Crippen LogP contribution < -0.4 is 0 Å². The first-order chi connectivity index (χ1) is 7.53. The maximum atomic E-state index is 12.5. The molecule has 0 bridgehead atoms. The highest BCUT2D eigenvalue weighted by Gasteiger charge is 2.37. The summed E-state index contributed by atoms with van der Waals surface area (Å²) in [6, 6.07) is 0. The topological polar surface area (TPSA) is 20.3 Å². The Morgan fingerprint density at radius 2 is 2.00 bits per heavy atom.